The minimum atomic E-state index is -0.505. The Morgan fingerprint density at radius 1 is 1.65 bits per heavy atom. The van der Waals surface area contributed by atoms with Gasteiger partial charge in [-0.15, -0.1) is 0 Å². The van der Waals surface area contributed by atoms with E-state index in [0.29, 0.717) is 18.9 Å². The van der Waals surface area contributed by atoms with Gasteiger partial charge in [-0.05, 0) is 20.8 Å². The van der Waals surface area contributed by atoms with E-state index in [4.69, 9.17) is 10.5 Å². The molecule has 0 aliphatic carbocycles. The van der Waals surface area contributed by atoms with Crippen LogP contribution in [0.5, 0.6) is 0 Å². The van der Waals surface area contributed by atoms with Crippen LogP contribution in [-0.2, 0) is 4.74 Å². The normalized spacial score (nSPS) is 13.2. The molecule has 0 bridgehead atoms. The highest BCUT2D eigenvalue weighted by Crippen LogP contribution is 2.09. The van der Waals surface area contributed by atoms with Gasteiger partial charge in [-0.2, -0.15) is 5.10 Å². The van der Waals surface area contributed by atoms with Gasteiger partial charge in [-0.25, -0.2) is 9.78 Å². The smallest absolute Gasteiger partial charge is 0.407 e. The zero-order valence-corrected chi connectivity index (χ0v) is 10.4. The third kappa shape index (κ3) is 4.81. The monoisotopic (exact) mass is 241 g/mol. The molecule has 96 valence electrons. The number of aromatic amines is 1. The van der Waals surface area contributed by atoms with Crippen molar-refractivity contribution in [2.75, 3.05) is 13.1 Å². The number of alkyl carbamates (subject to hydrolysis) is 1. The lowest BCUT2D eigenvalue weighted by Crippen LogP contribution is -2.36. The Morgan fingerprint density at radius 2 is 2.35 bits per heavy atom. The summed E-state index contributed by atoms with van der Waals surface area (Å²) in [6.07, 6.45) is 0.946. The van der Waals surface area contributed by atoms with Crippen molar-refractivity contribution in [1.82, 2.24) is 20.5 Å². The number of nitrogens with two attached hydrogens (primary N) is 1. The average molecular weight is 241 g/mol. The summed E-state index contributed by atoms with van der Waals surface area (Å²) in [5, 5.41) is 9.12. The standard InChI is InChI=1S/C10H19N5O2/c1-10(2,3)17-9(16)12-5-7(4-11)8-13-6-14-15-8/h6-7H,4-5,11H2,1-3H3,(H,12,16)(H,13,14,15). The van der Waals surface area contributed by atoms with Crippen molar-refractivity contribution in [2.24, 2.45) is 5.73 Å². The molecule has 1 rings (SSSR count). The van der Waals surface area contributed by atoms with Crippen molar-refractivity contribution in [3.8, 4) is 0 Å². The van der Waals surface area contributed by atoms with Gasteiger partial charge in [0.05, 0.1) is 0 Å². The van der Waals surface area contributed by atoms with E-state index in [2.05, 4.69) is 20.5 Å². The molecular weight excluding hydrogens is 222 g/mol. The van der Waals surface area contributed by atoms with Gasteiger partial charge in [0.15, 0.2) is 0 Å². The zero-order valence-electron chi connectivity index (χ0n) is 10.4. The molecule has 0 fully saturated rings. The highest BCUT2D eigenvalue weighted by Gasteiger charge is 2.18. The van der Waals surface area contributed by atoms with Crippen molar-refractivity contribution >= 4 is 6.09 Å². The van der Waals surface area contributed by atoms with Gasteiger partial charge in [-0.1, -0.05) is 0 Å². The summed E-state index contributed by atoms with van der Waals surface area (Å²) in [7, 11) is 0. The summed E-state index contributed by atoms with van der Waals surface area (Å²) in [5.41, 5.74) is 5.09. The van der Waals surface area contributed by atoms with Gasteiger partial charge in [0, 0.05) is 19.0 Å². The van der Waals surface area contributed by atoms with Crippen molar-refractivity contribution < 1.29 is 9.53 Å². The van der Waals surface area contributed by atoms with Gasteiger partial charge in [0.25, 0.3) is 0 Å². The largest absolute Gasteiger partial charge is 0.444 e. The van der Waals surface area contributed by atoms with E-state index < -0.39 is 11.7 Å². The minimum absolute atomic E-state index is 0.0926. The first-order valence-corrected chi connectivity index (χ1v) is 5.44. The van der Waals surface area contributed by atoms with Crippen LogP contribution in [0.4, 0.5) is 4.79 Å². The highest BCUT2D eigenvalue weighted by molar-refractivity contribution is 5.67. The molecule has 1 atom stereocenters. The molecule has 1 amide bonds. The summed E-state index contributed by atoms with van der Waals surface area (Å²) in [4.78, 5) is 15.4. The van der Waals surface area contributed by atoms with Gasteiger partial charge < -0.3 is 15.8 Å². The van der Waals surface area contributed by atoms with E-state index in [1.54, 1.807) is 0 Å². The number of ether oxygens (including phenoxy) is 1. The van der Waals surface area contributed by atoms with Crippen LogP contribution in [0.3, 0.4) is 0 Å². The molecule has 4 N–H and O–H groups in total. The SMILES string of the molecule is CC(C)(C)OC(=O)NCC(CN)c1ncn[nH]1. The molecule has 1 aromatic rings. The fraction of sp³-hybridized carbons (Fsp3) is 0.700. The Balaban J connectivity index is 2.41. The molecule has 7 nitrogen and oxygen atoms in total. The maximum atomic E-state index is 11.4. The van der Waals surface area contributed by atoms with Crippen molar-refractivity contribution in [3.05, 3.63) is 12.2 Å². The molecule has 0 spiro atoms. The van der Waals surface area contributed by atoms with Gasteiger partial charge in [-0.3, -0.25) is 5.10 Å². The van der Waals surface area contributed by atoms with E-state index in [9.17, 15) is 4.79 Å². The van der Waals surface area contributed by atoms with Crippen molar-refractivity contribution in [1.29, 1.82) is 0 Å². The Hall–Kier alpha value is -1.63. The molecule has 7 heteroatoms. The van der Waals surface area contributed by atoms with Crippen LogP contribution in [0.2, 0.25) is 0 Å². The maximum Gasteiger partial charge on any atom is 0.407 e. The van der Waals surface area contributed by atoms with Gasteiger partial charge >= 0.3 is 6.09 Å². The molecule has 0 radical (unpaired) electrons. The summed E-state index contributed by atoms with van der Waals surface area (Å²) in [6.45, 7) is 6.15. The number of carbonyl (C=O) groups is 1. The van der Waals surface area contributed by atoms with Crippen LogP contribution < -0.4 is 11.1 Å². The number of hydrogen-bond donors (Lipinski definition) is 3. The van der Waals surface area contributed by atoms with Gasteiger partial charge in [0.1, 0.15) is 17.8 Å². The number of nitrogens with one attached hydrogen (secondary N) is 2. The molecular formula is C10H19N5O2. The highest BCUT2D eigenvalue weighted by atomic mass is 16.6. The molecule has 0 aromatic carbocycles. The number of carbonyl (C=O) groups excluding carboxylic acids is 1. The van der Waals surface area contributed by atoms with Crippen LogP contribution in [0.15, 0.2) is 6.33 Å². The quantitative estimate of drug-likeness (QED) is 0.706. The van der Waals surface area contributed by atoms with Crippen molar-refractivity contribution in [2.45, 2.75) is 32.3 Å². The number of nitrogens with zero attached hydrogens (tertiary/aromatic N) is 2. The average Bonchev–Trinajstić information content (AvgIpc) is 2.69. The molecule has 1 unspecified atom stereocenters. The molecule has 0 aliphatic rings. The molecule has 0 saturated carbocycles. The Labute approximate surface area is 100 Å². The molecule has 17 heavy (non-hydrogen) atoms. The topological polar surface area (TPSA) is 106 Å². The van der Waals surface area contributed by atoms with E-state index in [-0.39, 0.29) is 5.92 Å². The minimum Gasteiger partial charge on any atom is -0.444 e. The van der Waals surface area contributed by atoms with E-state index in [0.717, 1.165) is 0 Å². The van der Waals surface area contributed by atoms with E-state index in [1.807, 2.05) is 20.8 Å². The van der Waals surface area contributed by atoms with Crippen LogP contribution >= 0.6 is 0 Å². The fourth-order valence-corrected chi connectivity index (χ4v) is 1.22. The van der Waals surface area contributed by atoms with Crippen molar-refractivity contribution in [3.63, 3.8) is 0 Å². The Bertz CT molecular complexity index is 344. The lowest BCUT2D eigenvalue weighted by atomic mass is 10.1. The van der Waals surface area contributed by atoms with E-state index >= 15 is 0 Å². The zero-order chi connectivity index (χ0) is 12.9. The number of hydrogen-bond acceptors (Lipinski definition) is 5. The second kappa shape index (κ2) is 5.62. The van der Waals surface area contributed by atoms with Crippen LogP contribution in [0.1, 0.15) is 32.5 Å². The predicted octanol–water partition coefficient (Wildman–Crippen LogP) is 0.372. The second-order valence-corrected chi connectivity index (χ2v) is 4.69. The predicted molar refractivity (Wildman–Crippen MR) is 62.4 cm³/mol. The van der Waals surface area contributed by atoms with Gasteiger partial charge in [0.2, 0.25) is 0 Å². The molecule has 1 aromatic heterocycles. The first-order valence-electron chi connectivity index (χ1n) is 5.44. The summed E-state index contributed by atoms with van der Waals surface area (Å²) in [6, 6.07) is 0. The number of aromatic nitrogens is 3. The third-order valence-electron chi connectivity index (χ3n) is 2.00. The molecule has 1 heterocycles. The van der Waals surface area contributed by atoms with E-state index in [1.165, 1.54) is 6.33 Å². The maximum absolute atomic E-state index is 11.4. The summed E-state index contributed by atoms with van der Waals surface area (Å²) >= 11 is 0. The summed E-state index contributed by atoms with van der Waals surface area (Å²) in [5.74, 6) is 0.563. The van der Waals surface area contributed by atoms with Crippen LogP contribution in [-0.4, -0.2) is 40.0 Å². The first-order chi connectivity index (χ1) is 7.92. The number of H-pyrrole nitrogens is 1. The fourth-order valence-electron chi connectivity index (χ4n) is 1.22. The lowest BCUT2D eigenvalue weighted by Gasteiger charge is -2.20. The molecule has 0 aliphatic heterocycles. The molecule has 0 saturated heterocycles. The van der Waals surface area contributed by atoms with Crippen LogP contribution in [0.25, 0.3) is 0 Å². The Kier molecular flexibility index (Phi) is 4.45. The summed E-state index contributed by atoms with van der Waals surface area (Å²) < 4.78 is 5.11. The Morgan fingerprint density at radius 3 is 2.82 bits per heavy atom. The first kappa shape index (κ1) is 13.4. The second-order valence-electron chi connectivity index (χ2n) is 4.69. The number of rotatable bonds is 4. The van der Waals surface area contributed by atoms with Crippen LogP contribution in [0, 0.1) is 0 Å². The lowest BCUT2D eigenvalue weighted by molar-refractivity contribution is 0.0524. The number of amides is 1. The third-order valence-corrected chi connectivity index (χ3v) is 2.00.